The van der Waals surface area contributed by atoms with Crippen molar-refractivity contribution < 1.29 is 19.1 Å². The molecule has 0 saturated carbocycles. The predicted octanol–water partition coefficient (Wildman–Crippen LogP) is 5.02. The molecule has 3 N–H and O–H groups in total. The maximum Gasteiger partial charge on any atom is 0.330 e. The standard InChI is InChI=1S/C31H47N3O4/c1-3-4-5-6-7-8-9-10-11-12-13-14-15-16-17-18-19-20-21-22-29(35)33-27-25-32-26-28-34-30(36)23-24-31(37)38-2/h4-5,7-8,10-11,13-14,16-17,19-20,23-24,32H,3,6,9,12,15,18,21-22,25-28H2,1-2H3,(H,33,35)(H,34,36)/b5-4-,8-7-,11-10-,14-13-,17-16-,20-19-,24-23+. The van der Waals surface area contributed by atoms with Gasteiger partial charge in [-0.2, -0.15) is 0 Å². The average molecular weight is 526 g/mol. The van der Waals surface area contributed by atoms with Crippen molar-refractivity contribution in [1.29, 1.82) is 0 Å². The lowest BCUT2D eigenvalue weighted by Gasteiger charge is -2.06. The van der Waals surface area contributed by atoms with Crippen molar-refractivity contribution in [2.75, 3.05) is 33.3 Å². The molecule has 0 rings (SSSR count). The molecule has 0 bridgehead atoms. The summed E-state index contributed by atoms with van der Waals surface area (Å²) in [5.74, 6) is -0.915. The lowest BCUT2D eigenvalue weighted by molar-refractivity contribution is -0.135. The minimum Gasteiger partial charge on any atom is -0.466 e. The topological polar surface area (TPSA) is 96.5 Å². The number of nitrogens with one attached hydrogen (secondary N) is 3. The van der Waals surface area contributed by atoms with Crippen LogP contribution < -0.4 is 16.0 Å². The molecule has 210 valence electrons. The highest BCUT2D eigenvalue weighted by Gasteiger charge is 1.99. The number of carbonyl (C=O) groups is 3. The summed E-state index contributed by atoms with van der Waals surface area (Å²) in [4.78, 5) is 34.2. The molecule has 0 aliphatic heterocycles. The average Bonchev–Trinajstić information content (AvgIpc) is 2.92. The van der Waals surface area contributed by atoms with Crippen LogP contribution in [0.25, 0.3) is 0 Å². The van der Waals surface area contributed by atoms with Crippen molar-refractivity contribution in [3.63, 3.8) is 0 Å². The Kier molecular flexibility index (Phi) is 25.6. The van der Waals surface area contributed by atoms with Gasteiger partial charge >= 0.3 is 5.97 Å². The van der Waals surface area contributed by atoms with Crippen molar-refractivity contribution in [3.8, 4) is 0 Å². The zero-order valence-electron chi connectivity index (χ0n) is 23.2. The highest BCUT2D eigenvalue weighted by molar-refractivity contribution is 5.94. The first-order chi connectivity index (χ1) is 18.6. The summed E-state index contributed by atoms with van der Waals surface area (Å²) in [6, 6.07) is 0. The lowest BCUT2D eigenvalue weighted by Crippen LogP contribution is -2.36. The maximum atomic E-state index is 11.8. The number of hydrogen-bond acceptors (Lipinski definition) is 5. The first-order valence-corrected chi connectivity index (χ1v) is 13.5. The van der Waals surface area contributed by atoms with Crippen LogP contribution in [0.5, 0.6) is 0 Å². The second-order valence-electron chi connectivity index (χ2n) is 8.20. The van der Waals surface area contributed by atoms with Gasteiger partial charge in [0.15, 0.2) is 0 Å². The maximum absolute atomic E-state index is 11.8. The van der Waals surface area contributed by atoms with E-state index in [-0.39, 0.29) is 11.8 Å². The minimum absolute atomic E-state index is 0.0209. The molecule has 0 spiro atoms. The predicted molar refractivity (Wildman–Crippen MR) is 157 cm³/mol. The Balaban J connectivity index is 3.59. The molecule has 0 saturated heterocycles. The van der Waals surface area contributed by atoms with Gasteiger partial charge in [-0.1, -0.05) is 79.8 Å². The zero-order chi connectivity index (χ0) is 27.9. The third-order valence-electron chi connectivity index (χ3n) is 4.93. The summed E-state index contributed by atoms with van der Waals surface area (Å²) >= 11 is 0. The smallest absolute Gasteiger partial charge is 0.330 e. The van der Waals surface area contributed by atoms with Crippen LogP contribution in [0.3, 0.4) is 0 Å². The van der Waals surface area contributed by atoms with E-state index in [1.165, 1.54) is 7.11 Å². The molecule has 7 nitrogen and oxygen atoms in total. The van der Waals surface area contributed by atoms with Crippen LogP contribution in [-0.2, 0) is 19.1 Å². The van der Waals surface area contributed by atoms with Gasteiger partial charge in [0.25, 0.3) is 0 Å². The third kappa shape index (κ3) is 27.1. The van der Waals surface area contributed by atoms with Crippen molar-refractivity contribution in [3.05, 3.63) is 85.1 Å². The van der Waals surface area contributed by atoms with Crippen LogP contribution in [0.4, 0.5) is 0 Å². The highest BCUT2D eigenvalue weighted by Crippen LogP contribution is 1.97. The number of allylic oxidation sites excluding steroid dienone is 12. The van der Waals surface area contributed by atoms with Crippen LogP contribution >= 0.6 is 0 Å². The van der Waals surface area contributed by atoms with Crippen LogP contribution in [0, 0.1) is 0 Å². The molecule has 0 unspecified atom stereocenters. The van der Waals surface area contributed by atoms with E-state index in [4.69, 9.17) is 0 Å². The molecule has 0 fully saturated rings. The summed E-state index contributed by atoms with van der Waals surface area (Å²) in [5, 5.41) is 8.62. The van der Waals surface area contributed by atoms with Crippen molar-refractivity contribution in [1.82, 2.24) is 16.0 Å². The lowest BCUT2D eigenvalue weighted by atomic mass is 10.2. The third-order valence-corrected chi connectivity index (χ3v) is 4.93. The first-order valence-electron chi connectivity index (χ1n) is 13.5. The highest BCUT2D eigenvalue weighted by atomic mass is 16.5. The largest absolute Gasteiger partial charge is 0.466 e. The first kappa shape index (κ1) is 34.6. The van der Waals surface area contributed by atoms with E-state index in [0.717, 1.165) is 57.1 Å². The fourth-order valence-electron chi connectivity index (χ4n) is 2.90. The Morgan fingerprint density at radius 3 is 1.58 bits per heavy atom. The molecule has 2 amide bonds. The van der Waals surface area contributed by atoms with E-state index >= 15 is 0 Å². The van der Waals surface area contributed by atoms with Crippen LogP contribution in [0.15, 0.2) is 85.1 Å². The molecular formula is C31H47N3O4. The molecule has 0 atom stereocenters. The van der Waals surface area contributed by atoms with E-state index < -0.39 is 5.97 Å². The molecule has 0 radical (unpaired) electrons. The number of esters is 1. The second kappa shape index (κ2) is 28.1. The van der Waals surface area contributed by atoms with Gasteiger partial charge in [0.2, 0.25) is 11.8 Å². The van der Waals surface area contributed by atoms with Crippen LogP contribution in [0.2, 0.25) is 0 Å². The van der Waals surface area contributed by atoms with E-state index in [0.29, 0.717) is 32.6 Å². The normalized spacial score (nSPS) is 12.4. The molecule has 0 aromatic rings. The Morgan fingerprint density at radius 1 is 0.605 bits per heavy atom. The summed E-state index contributed by atoms with van der Waals surface area (Å²) in [7, 11) is 1.25. The van der Waals surface area contributed by atoms with Gasteiger partial charge in [0.1, 0.15) is 0 Å². The number of methoxy groups -OCH3 is 1. The minimum atomic E-state index is -0.574. The van der Waals surface area contributed by atoms with E-state index in [9.17, 15) is 14.4 Å². The van der Waals surface area contributed by atoms with Gasteiger partial charge in [0, 0.05) is 44.8 Å². The molecule has 0 aliphatic carbocycles. The number of ether oxygens (including phenoxy) is 1. The monoisotopic (exact) mass is 525 g/mol. The molecule has 0 heterocycles. The summed E-state index contributed by atoms with van der Waals surface area (Å²) in [6.07, 6.45) is 35.2. The van der Waals surface area contributed by atoms with Crippen LogP contribution in [0.1, 0.15) is 58.3 Å². The Bertz CT molecular complexity index is 836. The second-order valence-corrected chi connectivity index (χ2v) is 8.20. The Morgan fingerprint density at radius 2 is 1.08 bits per heavy atom. The van der Waals surface area contributed by atoms with Crippen molar-refractivity contribution in [2.45, 2.75) is 58.3 Å². The van der Waals surface area contributed by atoms with Crippen molar-refractivity contribution >= 4 is 17.8 Å². The van der Waals surface area contributed by atoms with E-state index in [2.05, 4.69) is 94.4 Å². The van der Waals surface area contributed by atoms with Crippen molar-refractivity contribution in [2.24, 2.45) is 0 Å². The fraction of sp³-hybridized carbons (Fsp3) is 0.452. The summed E-state index contributed by atoms with van der Waals surface area (Å²) < 4.78 is 4.41. The molecule has 38 heavy (non-hydrogen) atoms. The van der Waals surface area contributed by atoms with Gasteiger partial charge in [-0.3, -0.25) is 9.59 Å². The summed E-state index contributed by atoms with van der Waals surface area (Å²) in [6.45, 7) is 4.26. The van der Waals surface area contributed by atoms with Gasteiger partial charge in [0.05, 0.1) is 7.11 Å². The number of hydrogen-bond donors (Lipinski definition) is 3. The van der Waals surface area contributed by atoms with Crippen LogP contribution in [-0.4, -0.2) is 51.1 Å². The molecule has 7 heteroatoms. The Hall–Kier alpha value is -3.45. The molecule has 0 aliphatic rings. The number of carbonyl (C=O) groups excluding carboxylic acids is 3. The van der Waals surface area contributed by atoms with Gasteiger partial charge in [-0.15, -0.1) is 0 Å². The van der Waals surface area contributed by atoms with E-state index in [1.54, 1.807) is 0 Å². The van der Waals surface area contributed by atoms with Gasteiger partial charge in [-0.05, 0) is 44.9 Å². The fourth-order valence-corrected chi connectivity index (χ4v) is 2.90. The number of amides is 2. The van der Waals surface area contributed by atoms with Gasteiger partial charge in [-0.25, -0.2) is 4.79 Å². The molecule has 0 aromatic heterocycles. The molecule has 0 aromatic carbocycles. The zero-order valence-corrected chi connectivity index (χ0v) is 23.2. The Labute approximate surface area is 229 Å². The number of rotatable bonds is 22. The SMILES string of the molecule is CC/C=C\C/C=C\C/C=C\C/C=C\C/C=C\C/C=C\CCC(=O)NCCNCCNC(=O)/C=C/C(=O)OC. The summed E-state index contributed by atoms with van der Waals surface area (Å²) in [5.41, 5.74) is 0. The van der Waals surface area contributed by atoms with E-state index in [1.807, 2.05) is 6.08 Å². The quantitative estimate of drug-likeness (QED) is 0.0799. The van der Waals surface area contributed by atoms with Gasteiger partial charge < -0.3 is 20.7 Å². The molecular weight excluding hydrogens is 478 g/mol.